The van der Waals surface area contributed by atoms with Crippen LogP contribution in [0.1, 0.15) is 5.56 Å². The summed E-state index contributed by atoms with van der Waals surface area (Å²) in [4.78, 5) is 0. The summed E-state index contributed by atoms with van der Waals surface area (Å²) in [5, 5.41) is 0. The van der Waals surface area contributed by atoms with Crippen molar-refractivity contribution in [2.24, 2.45) is 5.73 Å². The molecule has 1 aromatic rings. The number of halogens is 1. The van der Waals surface area contributed by atoms with E-state index in [1.165, 1.54) is 5.56 Å². The SMILES string of the molecule is NCc1ccccc1.[I].[Pb]. The molecule has 0 amide bonds. The molecule has 2 N–H and O–H groups in total. The third-order valence-corrected chi connectivity index (χ3v) is 1.08. The maximum atomic E-state index is 5.35. The van der Waals surface area contributed by atoms with Gasteiger partial charge in [-0.3, -0.25) is 0 Å². The number of rotatable bonds is 1. The van der Waals surface area contributed by atoms with Crippen molar-refractivity contribution in [3.63, 3.8) is 0 Å². The molecule has 0 unspecified atom stereocenters. The van der Waals surface area contributed by atoms with Gasteiger partial charge in [0.25, 0.3) is 0 Å². The van der Waals surface area contributed by atoms with Crippen LogP contribution in [0.4, 0.5) is 0 Å². The molecule has 3 heteroatoms. The maximum Gasteiger partial charge on any atom is 0.0178 e. The van der Waals surface area contributed by atoms with E-state index in [-0.39, 0.29) is 51.3 Å². The Balaban J connectivity index is 0. The van der Waals surface area contributed by atoms with Crippen molar-refractivity contribution in [3.8, 4) is 0 Å². The topological polar surface area (TPSA) is 26.0 Å². The van der Waals surface area contributed by atoms with E-state index >= 15 is 0 Å². The zero-order chi connectivity index (χ0) is 5.82. The maximum absolute atomic E-state index is 5.35. The predicted molar refractivity (Wildman–Crippen MR) is 54.1 cm³/mol. The van der Waals surface area contributed by atoms with Crippen LogP contribution in [-0.4, -0.2) is 27.3 Å². The standard InChI is InChI=1S/C7H9N.I.Pb/c8-6-7-4-2-1-3-5-7;;/h1-5H,6,8H2;;. The molecule has 5 radical (unpaired) electrons. The Kier molecular flexibility index (Phi) is 10.7. The first-order valence-corrected chi connectivity index (χ1v) is 2.67. The van der Waals surface area contributed by atoms with Crippen LogP contribution < -0.4 is 5.73 Å². The average Bonchev–Trinajstić information content (AvgIpc) is 1.90. The van der Waals surface area contributed by atoms with E-state index in [0.717, 1.165) is 0 Å². The van der Waals surface area contributed by atoms with Crippen molar-refractivity contribution in [2.75, 3.05) is 0 Å². The van der Waals surface area contributed by atoms with Gasteiger partial charge in [0.2, 0.25) is 0 Å². The van der Waals surface area contributed by atoms with Gasteiger partial charge in [-0.15, -0.1) is 0 Å². The second kappa shape index (κ2) is 7.93. The summed E-state index contributed by atoms with van der Waals surface area (Å²) >= 11 is 0. The monoisotopic (exact) mass is 442 g/mol. The van der Waals surface area contributed by atoms with Gasteiger partial charge in [0.1, 0.15) is 0 Å². The van der Waals surface area contributed by atoms with Gasteiger partial charge in [-0.2, -0.15) is 0 Å². The molecule has 0 saturated carbocycles. The minimum Gasteiger partial charge on any atom is -0.326 e. The fourth-order valence-electron chi connectivity index (χ4n) is 0.614. The van der Waals surface area contributed by atoms with E-state index < -0.39 is 0 Å². The molecule has 0 heterocycles. The molecule has 0 bridgehead atoms. The zero-order valence-corrected chi connectivity index (χ0v) is 11.6. The van der Waals surface area contributed by atoms with Crippen molar-refractivity contribution in [2.45, 2.75) is 6.54 Å². The van der Waals surface area contributed by atoms with Gasteiger partial charge < -0.3 is 5.73 Å². The summed E-state index contributed by atoms with van der Waals surface area (Å²) in [5.41, 5.74) is 6.54. The second-order valence-corrected chi connectivity index (χ2v) is 1.69. The van der Waals surface area contributed by atoms with Crippen molar-refractivity contribution in [3.05, 3.63) is 35.9 Å². The Morgan fingerprint density at radius 3 is 1.90 bits per heavy atom. The van der Waals surface area contributed by atoms with E-state index in [0.29, 0.717) is 6.54 Å². The summed E-state index contributed by atoms with van der Waals surface area (Å²) in [6, 6.07) is 9.99. The number of nitrogens with two attached hydrogens (primary N) is 1. The summed E-state index contributed by atoms with van der Waals surface area (Å²) < 4.78 is 0. The van der Waals surface area contributed by atoms with Gasteiger partial charge in [-0.25, -0.2) is 0 Å². The first kappa shape index (κ1) is 13.4. The van der Waals surface area contributed by atoms with Gasteiger partial charge in [-0.05, 0) is 5.56 Å². The number of hydrogen-bond donors (Lipinski definition) is 1. The largest absolute Gasteiger partial charge is 0.326 e. The van der Waals surface area contributed by atoms with Gasteiger partial charge in [-0.1, -0.05) is 30.3 Å². The molecule has 0 aromatic heterocycles. The zero-order valence-electron chi connectivity index (χ0n) is 5.55. The van der Waals surface area contributed by atoms with Crippen LogP contribution in [0.2, 0.25) is 0 Å². The van der Waals surface area contributed by atoms with E-state index in [9.17, 15) is 0 Å². The molecule has 0 aliphatic heterocycles. The van der Waals surface area contributed by atoms with E-state index in [1.807, 2.05) is 30.3 Å². The molecule has 1 nitrogen and oxygen atoms in total. The van der Waals surface area contributed by atoms with Crippen LogP contribution in [0, 0.1) is 0 Å². The van der Waals surface area contributed by atoms with E-state index in [1.54, 1.807) is 0 Å². The smallest absolute Gasteiger partial charge is 0.0178 e. The minimum absolute atomic E-state index is 0. The Labute approximate surface area is 98.6 Å². The van der Waals surface area contributed by atoms with Gasteiger partial charge in [0.15, 0.2) is 0 Å². The fourth-order valence-corrected chi connectivity index (χ4v) is 0.614. The molecule has 1 aromatic carbocycles. The fraction of sp³-hybridized carbons (Fsp3) is 0.143. The van der Waals surface area contributed by atoms with Crippen molar-refractivity contribution >= 4 is 51.3 Å². The molecular formula is C7H9INPb. The molecule has 10 heavy (non-hydrogen) atoms. The third-order valence-electron chi connectivity index (χ3n) is 1.08. The quantitative estimate of drug-likeness (QED) is 0.521. The Bertz CT molecular complexity index is 155. The molecule has 0 fully saturated rings. The first-order chi connectivity index (χ1) is 3.93. The van der Waals surface area contributed by atoms with Gasteiger partial charge >= 0.3 is 0 Å². The molecule has 0 aliphatic rings. The van der Waals surface area contributed by atoms with Gasteiger partial charge in [0, 0.05) is 57.8 Å². The van der Waals surface area contributed by atoms with Crippen molar-refractivity contribution in [1.29, 1.82) is 0 Å². The molecule has 0 saturated heterocycles. The summed E-state index contributed by atoms with van der Waals surface area (Å²) in [6.07, 6.45) is 0. The van der Waals surface area contributed by atoms with Crippen LogP contribution in [0.25, 0.3) is 0 Å². The summed E-state index contributed by atoms with van der Waals surface area (Å²) in [7, 11) is 0. The summed E-state index contributed by atoms with van der Waals surface area (Å²) in [5.74, 6) is 0. The Hall–Kier alpha value is 0.832. The minimum atomic E-state index is 0. The van der Waals surface area contributed by atoms with Crippen LogP contribution in [0.3, 0.4) is 0 Å². The van der Waals surface area contributed by atoms with Crippen molar-refractivity contribution in [1.82, 2.24) is 0 Å². The van der Waals surface area contributed by atoms with E-state index in [2.05, 4.69) is 0 Å². The summed E-state index contributed by atoms with van der Waals surface area (Å²) in [6.45, 7) is 0.640. The Morgan fingerprint density at radius 1 is 1.10 bits per heavy atom. The number of hydrogen-bond acceptors (Lipinski definition) is 1. The average molecular weight is 441 g/mol. The normalized spacial score (nSPS) is 7.30. The van der Waals surface area contributed by atoms with Crippen LogP contribution in [-0.2, 0) is 6.54 Å². The van der Waals surface area contributed by atoms with Crippen LogP contribution in [0.5, 0.6) is 0 Å². The third kappa shape index (κ3) is 4.62. The van der Waals surface area contributed by atoms with E-state index in [4.69, 9.17) is 5.73 Å². The molecule has 0 spiro atoms. The second-order valence-electron chi connectivity index (χ2n) is 1.69. The Morgan fingerprint density at radius 2 is 1.60 bits per heavy atom. The molecule has 0 aliphatic carbocycles. The molecule has 0 atom stereocenters. The first-order valence-electron chi connectivity index (χ1n) is 2.67. The van der Waals surface area contributed by atoms with Crippen LogP contribution in [0.15, 0.2) is 30.3 Å². The number of benzene rings is 1. The molecule has 53 valence electrons. The van der Waals surface area contributed by atoms with Crippen molar-refractivity contribution < 1.29 is 0 Å². The molecular weight excluding hydrogens is 432 g/mol. The van der Waals surface area contributed by atoms with Gasteiger partial charge in [0.05, 0.1) is 0 Å². The van der Waals surface area contributed by atoms with Crippen LogP contribution >= 0.6 is 24.0 Å². The predicted octanol–water partition coefficient (Wildman–Crippen LogP) is 1.65. The molecule has 1 rings (SSSR count).